The van der Waals surface area contributed by atoms with Gasteiger partial charge < -0.3 is 15.2 Å². The molecule has 0 unspecified atom stereocenters. The summed E-state index contributed by atoms with van der Waals surface area (Å²) in [6.07, 6.45) is -4.39. The Hall–Kier alpha value is -1.76. The molecule has 0 saturated heterocycles. The van der Waals surface area contributed by atoms with Crippen molar-refractivity contribution in [3.8, 4) is 5.75 Å². The highest BCUT2D eigenvalue weighted by molar-refractivity contribution is 5.77. The number of benzene rings is 1. The number of halogens is 3. The van der Waals surface area contributed by atoms with Gasteiger partial charge in [-0.3, -0.25) is 4.79 Å². The molecular weight excluding hydrogens is 251 g/mol. The second-order valence-corrected chi connectivity index (χ2v) is 3.38. The van der Waals surface area contributed by atoms with Gasteiger partial charge in [0.1, 0.15) is 5.75 Å². The lowest BCUT2D eigenvalue weighted by Crippen LogP contribution is -2.31. The number of ether oxygens (including phenoxy) is 1. The molecule has 1 aromatic rings. The van der Waals surface area contributed by atoms with Crippen molar-refractivity contribution >= 4 is 5.91 Å². The maximum Gasteiger partial charge on any atom is 0.416 e. The summed E-state index contributed by atoms with van der Waals surface area (Å²) in [7, 11) is 0. The molecule has 0 aliphatic rings. The maximum absolute atomic E-state index is 12.2. The summed E-state index contributed by atoms with van der Waals surface area (Å²) in [5.41, 5.74) is -0.778. The van der Waals surface area contributed by atoms with Crippen LogP contribution in [0.3, 0.4) is 0 Å². The zero-order chi connectivity index (χ0) is 13.6. The van der Waals surface area contributed by atoms with Crippen LogP contribution in [-0.4, -0.2) is 30.8 Å². The van der Waals surface area contributed by atoms with E-state index < -0.39 is 17.6 Å². The summed E-state index contributed by atoms with van der Waals surface area (Å²) >= 11 is 0. The minimum absolute atomic E-state index is 0.106. The Morgan fingerprint density at radius 3 is 2.39 bits per heavy atom. The van der Waals surface area contributed by atoms with E-state index in [-0.39, 0.29) is 25.5 Å². The van der Waals surface area contributed by atoms with Crippen molar-refractivity contribution in [2.45, 2.75) is 6.18 Å². The van der Waals surface area contributed by atoms with Gasteiger partial charge in [-0.05, 0) is 24.3 Å². The lowest BCUT2D eigenvalue weighted by Gasteiger charge is -2.09. The number of rotatable bonds is 5. The van der Waals surface area contributed by atoms with Gasteiger partial charge >= 0.3 is 6.18 Å². The highest BCUT2D eigenvalue weighted by atomic mass is 19.4. The minimum atomic E-state index is -4.39. The molecule has 1 amide bonds. The third kappa shape index (κ3) is 4.62. The zero-order valence-electron chi connectivity index (χ0n) is 9.33. The Kier molecular flexibility index (Phi) is 4.96. The monoisotopic (exact) mass is 263 g/mol. The number of hydrogen-bond donors (Lipinski definition) is 2. The molecule has 100 valence electrons. The van der Waals surface area contributed by atoms with Crippen LogP contribution in [0.25, 0.3) is 0 Å². The van der Waals surface area contributed by atoms with Gasteiger partial charge in [-0.15, -0.1) is 0 Å². The van der Waals surface area contributed by atoms with Gasteiger partial charge in [0.15, 0.2) is 6.61 Å². The van der Waals surface area contributed by atoms with Gasteiger partial charge in [0.05, 0.1) is 12.2 Å². The third-order valence-corrected chi connectivity index (χ3v) is 1.99. The van der Waals surface area contributed by atoms with E-state index in [9.17, 15) is 18.0 Å². The molecule has 0 radical (unpaired) electrons. The van der Waals surface area contributed by atoms with E-state index in [1.54, 1.807) is 0 Å². The highest BCUT2D eigenvalue weighted by Crippen LogP contribution is 2.30. The number of nitrogens with one attached hydrogen (secondary N) is 1. The van der Waals surface area contributed by atoms with Crippen LogP contribution in [-0.2, 0) is 11.0 Å². The molecule has 7 heteroatoms. The van der Waals surface area contributed by atoms with Crippen molar-refractivity contribution in [1.29, 1.82) is 0 Å². The average molecular weight is 263 g/mol. The van der Waals surface area contributed by atoms with E-state index >= 15 is 0 Å². The molecule has 0 saturated carbocycles. The summed E-state index contributed by atoms with van der Waals surface area (Å²) < 4.78 is 41.7. The van der Waals surface area contributed by atoms with E-state index in [4.69, 9.17) is 9.84 Å². The van der Waals surface area contributed by atoms with Crippen LogP contribution in [0.5, 0.6) is 5.75 Å². The van der Waals surface area contributed by atoms with Gasteiger partial charge in [-0.1, -0.05) is 0 Å². The molecule has 0 aliphatic carbocycles. The quantitative estimate of drug-likeness (QED) is 0.839. The van der Waals surface area contributed by atoms with E-state index in [1.807, 2.05) is 0 Å². The first-order chi connectivity index (χ1) is 8.43. The van der Waals surface area contributed by atoms with Crippen molar-refractivity contribution in [2.75, 3.05) is 19.8 Å². The summed E-state index contributed by atoms with van der Waals surface area (Å²) in [6, 6.07) is 4.03. The molecule has 0 aliphatic heterocycles. The predicted octanol–water partition coefficient (Wildman–Crippen LogP) is 1.19. The standard InChI is InChI=1S/C11H12F3NO3/c12-11(13,14)8-1-3-9(4-2-8)18-7-10(17)15-5-6-16/h1-4,16H,5-7H2,(H,15,17). The largest absolute Gasteiger partial charge is 0.484 e. The van der Waals surface area contributed by atoms with Crippen molar-refractivity contribution in [2.24, 2.45) is 0 Å². The average Bonchev–Trinajstić information content (AvgIpc) is 2.33. The molecule has 4 nitrogen and oxygen atoms in total. The number of aliphatic hydroxyl groups is 1. The summed E-state index contributed by atoms with van der Waals surface area (Å²) in [6.45, 7) is -0.396. The minimum Gasteiger partial charge on any atom is -0.484 e. The predicted molar refractivity (Wildman–Crippen MR) is 57.0 cm³/mol. The summed E-state index contributed by atoms with van der Waals surface area (Å²) in [4.78, 5) is 11.1. The van der Waals surface area contributed by atoms with Gasteiger partial charge in [0, 0.05) is 6.54 Å². The number of hydrogen-bond acceptors (Lipinski definition) is 3. The molecule has 0 heterocycles. The van der Waals surface area contributed by atoms with Crippen LogP contribution >= 0.6 is 0 Å². The summed E-state index contributed by atoms with van der Waals surface area (Å²) in [5, 5.41) is 10.8. The molecule has 0 fully saturated rings. The van der Waals surface area contributed by atoms with E-state index in [1.165, 1.54) is 0 Å². The smallest absolute Gasteiger partial charge is 0.416 e. The molecule has 0 aromatic heterocycles. The number of alkyl halides is 3. The Labute approximate surface area is 101 Å². The van der Waals surface area contributed by atoms with E-state index in [0.717, 1.165) is 24.3 Å². The van der Waals surface area contributed by atoms with Crippen LogP contribution in [0.4, 0.5) is 13.2 Å². The number of carbonyl (C=O) groups is 1. The Balaban J connectivity index is 2.47. The van der Waals surface area contributed by atoms with Crippen molar-refractivity contribution in [1.82, 2.24) is 5.32 Å². The fourth-order valence-corrected chi connectivity index (χ4v) is 1.14. The molecule has 0 atom stereocenters. The van der Waals surface area contributed by atoms with Crippen molar-refractivity contribution in [3.05, 3.63) is 29.8 Å². The topological polar surface area (TPSA) is 58.6 Å². The van der Waals surface area contributed by atoms with Gasteiger partial charge in [0.2, 0.25) is 0 Å². The molecule has 2 N–H and O–H groups in total. The van der Waals surface area contributed by atoms with Gasteiger partial charge in [0.25, 0.3) is 5.91 Å². The molecule has 1 aromatic carbocycles. The van der Waals surface area contributed by atoms with Crippen LogP contribution in [0.2, 0.25) is 0 Å². The number of amides is 1. The van der Waals surface area contributed by atoms with Crippen LogP contribution in [0, 0.1) is 0 Å². The number of aliphatic hydroxyl groups excluding tert-OH is 1. The third-order valence-electron chi connectivity index (χ3n) is 1.99. The SMILES string of the molecule is O=C(COc1ccc(C(F)(F)F)cc1)NCCO. The second-order valence-electron chi connectivity index (χ2n) is 3.38. The first-order valence-corrected chi connectivity index (χ1v) is 5.11. The van der Waals surface area contributed by atoms with Crippen molar-refractivity contribution < 1.29 is 27.8 Å². The second kappa shape index (κ2) is 6.25. The first kappa shape index (κ1) is 14.3. The fraction of sp³-hybridized carbons (Fsp3) is 0.364. The van der Waals surface area contributed by atoms with Crippen LogP contribution in [0.15, 0.2) is 24.3 Å². The van der Waals surface area contributed by atoms with E-state index in [0.29, 0.717) is 0 Å². The molecule has 1 rings (SSSR count). The normalized spacial score (nSPS) is 11.1. The number of carbonyl (C=O) groups excluding carboxylic acids is 1. The Bertz CT molecular complexity index is 390. The molecule has 0 spiro atoms. The van der Waals surface area contributed by atoms with Crippen LogP contribution < -0.4 is 10.1 Å². The van der Waals surface area contributed by atoms with E-state index in [2.05, 4.69) is 5.32 Å². The Morgan fingerprint density at radius 1 is 1.28 bits per heavy atom. The first-order valence-electron chi connectivity index (χ1n) is 5.11. The Morgan fingerprint density at radius 2 is 1.89 bits per heavy atom. The van der Waals surface area contributed by atoms with Crippen molar-refractivity contribution in [3.63, 3.8) is 0 Å². The molecular formula is C11H12F3NO3. The van der Waals surface area contributed by atoms with Gasteiger partial charge in [-0.25, -0.2) is 0 Å². The zero-order valence-corrected chi connectivity index (χ0v) is 9.33. The lowest BCUT2D eigenvalue weighted by molar-refractivity contribution is -0.137. The molecule has 18 heavy (non-hydrogen) atoms. The maximum atomic E-state index is 12.2. The van der Waals surface area contributed by atoms with Crippen LogP contribution in [0.1, 0.15) is 5.56 Å². The molecule has 0 bridgehead atoms. The lowest BCUT2D eigenvalue weighted by atomic mass is 10.2. The van der Waals surface area contributed by atoms with Gasteiger partial charge in [-0.2, -0.15) is 13.2 Å². The highest BCUT2D eigenvalue weighted by Gasteiger charge is 2.29. The summed E-state index contributed by atoms with van der Waals surface area (Å²) in [5.74, 6) is -0.286. The fourth-order valence-electron chi connectivity index (χ4n) is 1.14.